The molecule has 21 heavy (non-hydrogen) atoms. The summed E-state index contributed by atoms with van der Waals surface area (Å²) in [4.78, 5) is 25.2. The van der Waals surface area contributed by atoms with E-state index >= 15 is 0 Å². The summed E-state index contributed by atoms with van der Waals surface area (Å²) in [6.45, 7) is 2.83. The van der Waals surface area contributed by atoms with Crippen LogP contribution in [0.25, 0.3) is 21.5 Å². The summed E-state index contributed by atoms with van der Waals surface area (Å²) in [7, 11) is 0. The molecule has 3 aromatic rings. The van der Waals surface area contributed by atoms with Crippen LogP contribution in [0.4, 0.5) is 5.69 Å². The van der Waals surface area contributed by atoms with Gasteiger partial charge in [0.25, 0.3) is 0 Å². The van der Waals surface area contributed by atoms with Crippen molar-refractivity contribution in [3.8, 4) is 0 Å². The first-order valence-electron chi connectivity index (χ1n) is 6.81. The predicted molar refractivity (Wildman–Crippen MR) is 85.3 cm³/mol. The zero-order valence-electron chi connectivity index (χ0n) is 12.0. The number of anilines is 1. The topological polar surface area (TPSA) is 37.4 Å². The third-order valence-corrected chi connectivity index (χ3v) is 3.60. The Kier molecular flexibility index (Phi) is 3.18. The number of nitrogens with zero attached hydrogens (tertiary/aromatic N) is 1. The van der Waals surface area contributed by atoms with Gasteiger partial charge < -0.3 is 0 Å². The number of carbonyl (C=O) groups is 2. The van der Waals surface area contributed by atoms with Gasteiger partial charge in [-0.2, -0.15) is 0 Å². The molecule has 0 saturated heterocycles. The molecule has 3 heteroatoms. The van der Waals surface area contributed by atoms with Crippen LogP contribution in [0.5, 0.6) is 0 Å². The monoisotopic (exact) mass is 277 g/mol. The van der Waals surface area contributed by atoms with Crippen molar-refractivity contribution in [3.63, 3.8) is 0 Å². The van der Waals surface area contributed by atoms with E-state index in [-0.39, 0.29) is 11.8 Å². The predicted octanol–water partition coefficient (Wildman–Crippen LogP) is 3.89. The lowest BCUT2D eigenvalue weighted by atomic mass is 10.00. The molecule has 3 nitrogen and oxygen atoms in total. The van der Waals surface area contributed by atoms with Gasteiger partial charge in [-0.05, 0) is 16.8 Å². The number of fused-ring (bicyclic) bond motifs is 2. The fourth-order valence-electron chi connectivity index (χ4n) is 2.77. The average Bonchev–Trinajstić information content (AvgIpc) is 2.46. The lowest BCUT2D eigenvalue weighted by Crippen LogP contribution is -2.33. The van der Waals surface area contributed by atoms with E-state index in [2.05, 4.69) is 6.07 Å². The molecule has 3 rings (SSSR count). The molecule has 0 aliphatic carbocycles. The molecule has 0 aromatic heterocycles. The van der Waals surface area contributed by atoms with Crippen molar-refractivity contribution in [1.29, 1.82) is 0 Å². The Hall–Kier alpha value is -2.68. The van der Waals surface area contributed by atoms with Gasteiger partial charge in [0.1, 0.15) is 0 Å². The second-order valence-electron chi connectivity index (χ2n) is 5.04. The maximum atomic E-state index is 12.0. The number of benzene rings is 3. The van der Waals surface area contributed by atoms with Crippen LogP contribution in [0.1, 0.15) is 13.8 Å². The summed E-state index contributed by atoms with van der Waals surface area (Å²) in [6.07, 6.45) is 0. The molecule has 0 N–H and O–H groups in total. The number of rotatable bonds is 1. The summed E-state index contributed by atoms with van der Waals surface area (Å²) in [6, 6.07) is 17.7. The van der Waals surface area contributed by atoms with Gasteiger partial charge in [-0.25, -0.2) is 4.90 Å². The Morgan fingerprint density at radius 1 is 0.762 bits per heavy atom. The molecule has 0 unspecified atom stereocenters. The molecule has 0 spiro atoms. The van der Waals surface area contributed by atoms with Gasteiger partial charge in [0.15, 0.2) is 0 Å². The van der Waals surface area contributed by atoms with Crippen LogP contribution in [0.15, 0.2) is 54.6 Å². The van der Waals surface area contributed by atoms with Gasteiger partial charge in [0.2, 0.25) is 11.8 Å². The third kappa shape index (κ3) is 2.17. The Labute approximate surface area is 122 Å². The first-order valence-corrected chi connectivity index (χ1v) is 6.81. The molecular weight excluding hydrogens is 262 g/mol. The van der Waals surface area contributed by atoms with Crippen molar-refractivity contribution in [2.75, 3.05) is 4.90 Å². The molecule has 0 atom stereocenters. The molecule has 0 bridgehead atoms. The molecule has 3 aromatic carbocycles. The first-order chi connectivity index (χ1) is 10.1. The Bertz CT molecular complexity index is 799. The molecule has 0 aliphatic rings. The van der Waals surface area contributed by atoms with Crippen LogP contribution in [-0.2, 0) is 9.59 Å². The van der Waals surface area contributed by atoms with Crippen molar-refractivity contribution < 1.29 is 9.59 Å². The van der Waals surface area contributed by atoms with Crippen molar-refractivity contribution in [2.45, 2.75) is 13.8 Å². The van der Waals surface area contributed by atoms with Crippen LogP contribution in [-0.4, -0.2) is 11.8 Å². The first kappa shape index (κ1) is 13.3. The number of amides is 2. The quantitative estimate of drug-likeness (QED) is 0.633. The SMILES string of the molecule is CC(=O)N(C(C)=O)c1c2ccccc2cc2ccccc12. The van der Waals surface area contributed by atoms with Gasteiger partial charge in [0, 0.05) is 24.6 Å². The highest BCUT2D eigenvalue weighted by molar-refractivity contribution is 6.24. The summed E-state index contributed by atoms with van der Waals surface area (Å²) >= 11 is 0. The number of imide groups is 1. The van der Waals surface area contributed by atoms with Gasteiger partial charge in [-0.1, -0.05) is 48.5 Å². The summed E-state index contributed by atoms with van der Waals surface area (Å²) in [5, 5.41) is 3.83. The highest BCUT2D eigenvalue weighted by Gasteiger charge is 2.21. The van der Waals surface area contributed by atoms with Gasteiger partial charge in [-0.3, -0.25) is 9.59 Å². The van der Waals surface area contributed by atoms with Crippen LogP contribution in [0, 0.1) is 0 Å². The van der Waals surface area contributed by atoms with E-state index in [0.717, 1.165) is 21.5 Å². The van der Waals surface area contributed by atoms with Crippen molar-refractivity contribution in [3.05, 3.63) is 54.6 Å². The Morgan fingerprint density at radius 2 is 1.19 bits per heavy atom. The third-order valence-electron chi connectivity index (χ3n) is 3.60. The van der Waals surface area contributed by atoms with E-state index < -0.39 is 0 Å². The minimum absolute atomic E-state index is 0.274. The van der Waals surface area contributed by atoms with E-state index in [1.165, 1.54) is 18.7 Å². The highest BCUT2D eigenvalue weighted by Crippen LogP contribution is 2.35. The zero-order chi connectivity index (χ0) is 15.0. The normalized spacial score (nSPS) is 10.8. The second kappa shape index (κ2) is 5.02. The van der Waals surface area contributed by atoms with E-state index in [4.69, 9.17) is 0 Å². The number of carbonyl (C=O) groups excluding carboxylic acids is 2. The van der Waals surface area contributed by atoms with Crippen molar-refractivity contribution in [2.24, 2.45) is 0 Å². The average molecular weight is 277 g/mol. The van der Waals surface area contributed by atoms with E-state index in [1.54, 1.807) is 0 Å². The molecule has 104 valence electrons. The largest absolute Gasteiger partial charge is 0.274 e. The van der Waals surface area contributed by atoms with E-state index in [1.807, 2.05) is 48.5 Å². The number of hydrogen-bond donors (Lipinski definition) is 0. The standard InChI is InChI=1S/C18H15NO2/c1-12(20)19(13(2)21)18-16-9-5-3-7-14(16)11-15-8-4-6-10-17(15)18/h3-11H,1-2H3. The Morgan fingerprint density at radius 3 is 1.62 bits per heavy atom. The molecular formula is C18H15NO2. The molecule has 0 heterocycles. The molecule has 0 radical (unpaired) electrons. The maximum absolute atomic E-state index is 12.0. The fraction of sp³-hybridized carbons (Fsp3) is 0.111. The summed E-state index contributed by atoms with van der Waals surface area (Å²) in [5.74, 6) is -0.548. The van der Waals surface area contributed by atoms with E-state index in [0.29, 0.717) is 5.69 Å². The maximum Gasteiger partial charge on any atom is 0.230 e. The summed E-state index contributed by atoms with van der Waals surface area (Å²) in [5.41, 5.74) is 0.670. The smallest absolute Gasteiger partial charge is 0.230 e. The van der Waals surface area contributed by atoms with Crippen molar-refractivity contribution >= 4 is 39.0 Å². The van der Waals surface area contributed by atoms with Crippen molar-refractivity contribution in [1.82, 2.24) is 0 Å². The number of hydrogen-bond acceptors (Lipinski definition) is 2. The lowest BCUT2D eigenvalue weighted by Gasteiger charge is -2.21. The molecule has 0 fully saturated rings. The minimum Gasteiger partial charge on any atom is -0.274 e. The van der Waals surface area contributed by atoms with Crippen LogP contribution in [0.2, 0.25) is 0 Å². The second-order valence-corrected chi connectivity index (χ2v) is 5.04. The zero-order valence-corrected chi connectivity index (χ0v) is 12.0. The molecule has 0 aliphatic heterocycles. The molecule has 0 saturated carbocycles. The van der Waals surface area contributed by atoms with Gasteiger partial charge >= 0.3 is 0 Å². The Balaban J connectivity index is 2.50. The molecule has 2 amide bonds. The lowest BCUT2D eigenvalue weighted by molar-refractivity contribution is -0.124. The van der Waals surface area contributed by atoms with Gasteiger partial charge in [0.05, 0.1) is 5.69 Å². The highest BCUT2D eigenvalue weighted by atomic mass is 16.2. The summed E-state index contributed by atoms with van der Waals surface area (Å²) < 4.78 is 0. The fourth-order valence-corrected chi connectivity index (χ4v) is 2.77. The van der Waals surface area contributed by atoms with Crippen LogP contribution in [0.3, 0.4) is 0 Å². The van der Waals surface area contributed by atoms with E-state index in [9.17, 15) is 9.59 Å². The van der Waals surface area contributed by atoms with Gasteiger partial charge in [-0.15, -0.1) is 0 Å². The van der Waals surface area contributed by atoms with Crippen LogP contribution >= 0.6 is 0 Å². The van der Waals surface area contributed by atoms with Crippen LogP contribution < -0.4 is 4.90 Å². The minimum atomic E-state index is -0.274.